The molecule has 4 heterocycles. The Balaban J connectivity index is 1.16. The average Bonchev–Trinajstić information content (AvgIpc) is 3.85. The van der Waals surface area contributed by atoms with Gasteiger partial charge in [0.05, 0.1) is 39.1 Å². The molecule has 0 N–H and O–H groups in total. The molecule has 11 rings (SSSR count). The van der Waals surface area contributed by atoms with Crippen molar-refractivity contribution in [2.45, 2.75) is 77.0 Å². The number of fused-ring (bicyclic) bond motifs is 10. The van der Waals surface area contributed by atoms with Crippen molar-refractivity contribution in [3.8, 4) is 5.69 Å². The van der Waals surface area contributed by atoms with Crippen LogP contribution in [0.2, 0.25) is 0 Å². The van der Waals surface area contributed by atoms with Gasteiger partial charge in [0.15, 0.2) is 0 Å². The van der Waals surface area contributed by atoms with Gasteiger partial charge in [0.2, 0.25) is 0 Å². The SMILES string of the molecule is C=c1ccc(N(c2ccccc2)c2ccc(C(CC)CCC)cc2)c2c3ccccc3n-2cc2c3ccc(N(C)c4ccc(C5CCCCC5)cc4)c4c5ccccc5n(c2cc1=C)c34. The quantitative estimate of drug-likeness (QED) is 0.136. The van der Waals surface area contributed by atoms with Gasteiger partial charge < -0.3 is 18.8 Å². The fourth-order valence-corrected chi connectivity index (χ4v) is 11.2. The Labute approximate surface area is 383 Å². The summed E-state index contributed by atoms with van der Waals surface area (Å²) in [6.07, 6.45) is 12.5. The zero-order chi connectivity index (χ0) is 44.2. The van der Waals surface area contributed by atoms with Crippen LogP contribution in [0.4, 0.5) is 28.4 Å². The lowest BCUT2D eigenvalue weighted by Crippen LogP contribution is -2.19. The Bertz CT molecular complexity index is 3460. The molecule has 1 atom stereocenters. The molecule has 1 aliphatic carbocycles. The van der Waals surface area contributed by atoms with Crippen LogP contribution in [0.5, 0.6) is 0 Å². The van der Waals surface area contributed by atoms with Crippen LogP contribution in [0.3, 0.4) is 0 Å². The summed E-state index contributed by atoms with van der Waals surface area (Å²) in [5, 5.41) is 7.81. The highest BCUT2D eigenvalue weighted by molar-refractivity contribution is 6.27. The zero-order valence-electron chi connectivity index (χ0n) is 38.1. The summed E-state index contributed by atoms with van der Waals surface area (Å²) in [7, 11) is 2.22. The minimum atomic E-state index is 0.553. The number of anilines is 5. The molecular weight excluding hydrogens is 789 g/mol. The third kappa shape index (κ3) is 6.90. The number of para-hydroxylation sites is 3. The summed E-state index contributed by atoms with van der Waals surface area (Å²) in [6, 6.07) is 58.5. The third-order valence-electron chi connectivity index (χ3n) is 14.7. The van der Waals surface area contributed by atoms with Gasteiger partial charge in [-0.25, -0.2) is 0 Å². The predicted molar refractivity (Wildman–Crippen MR) is 280 cm³/mol. The molecule has 8 aromatic rings. The van der Waals surface area contributed by atoms with Gasteiger partial charge in [-0.05, 0) is 126 Å². The van der Waals surface area contributed by atoms with E-state index < -0.39 is 0 Å². The van der Waals surface area contributed by atoms with E-state index in [0.29, 0.717) is 11.8 Å². The van der Waals surface area contributed by atoms with Gasteiger partial charge >= 0.3 is 0 Å². The van der Waals surface area contributed by atoms with Crippen LogP contribution in [-0.2, 0) is 0 Å². The lowest BCUT2D eigenvalue weighted by atomic mass is 9.84. The van der Waals surface area contributed by atoms with Crippen molar-refractivity contribution in [2.75, 3.05) is 16.8 Å². The summed E-state index contributed by atoms with van der Waals surface area (Å²) in [6.45, 7) is 13.9. The van der Waals surface area contributed by atoms with E-state index in [-0.39, 0.29) is 0 Å². The van der Waals surface area contributed by atoms with Crippen LogP contribution in [0.25, 0.3) is 67.8 Å². The van der Waals surface area contributed by atoms with Crippen molar-refractivity contribution in [3.63, 3.8) is 0 Å². The molecule has 2 aromatic heterocycles. The van der Waals surface area contributed by atoms with E-state index in [0.717, 1.165) is 50.5 Å². The molecule has 1 saturated carbocycles. The Morgan fingerprint density at radius 3 is 1.98 bits per heavy atom. The van der Waals surface area contributed by atoms with E-state index in [4.69, 9.17) is 0 Å². The van der Waals surface area contributed by atoms with E-state index in [1.165, 1.54) is 106 Å². The van der Waals surface area contributed by atoms with Gasteiger partial charge in [0.1, 0.15) is 0 Å². The first kappa shape index (κ1) is 40.7. The van der Waals surface area contributed by atoms with Gasteiger partial charge in [-0.15, -0.1) is 0 Å². The molecule has 2 aliphatic heterocycles. The Morgan fingerprint density at radius 2 is 1.25 bits per heavy atom. The van der Waals surface area contributed by atoms with Crippen LogP contribution in [0.1, 0.15) is 88.2 Å². The number of rotatable bonds is 10. The summed E-state index contributed by atoms with van der Waals surface area (Å²) in [5.41, 5.74) is 14.4. The lowest BCUT2D eigenvalue weighted by molar-refractivity contribution is 0.443. The van der Waals surface area contributed by atoms with Crippen molar-refractivity contribution in [2.24, 2.45) is 0 Å². The van der Waals surface area contributed by atoms with Crippen LogP contribution in [-0.4, -0.2) is 16.0 Å². The first-order valence-corrected chi connectivity index (χ1v) is 23.9. The molecule has 0 spiro atoms. The van der Waals surface area contributed by atoms with Crippen molar-refractivity contribution in [3.05, 3.63) is 185 Å². The Morgan fingerprint density at radius 1 is 0.585 bits per heavy atom. The Hall–Kier alpha value is -7.04. The second-order valence-corrected chi connectivity index (χ2v) is 18.4. The molecule has 1 fully saturated rings. The maximum Gasteiger partial charge on any atom is 0.0792 e. The topological polar surface area (TPSA) is 15.8 Å². The molecule has 322 valence electrons. The maximum absolute atomic E-state index is 4.69. The smallest absolute Gasteiger partial charge is 0.0792 e. The minimum absolute atomic E-state index is 0.553. The number of hydrogen-bond donors (Lipinski definition) is 0. The van der Waals surface area contributed by atoms with Gasteiger partial charge in [0.25, 0.3) is 0 Å². The largest absolute Gasteiger partial charge is 0.344 e. The van der Waals surface area contributed by atoms with Gasteiger partial charge in [-0.3, -0.25) is 0 Å². The van der Waals surface area contributed by atoms with Crippen LogP contribution >= 0.6 is 0 Å². The molecule has 0 bridgehead atoms. The van der Waals surface area contributed by atoms with Gasteiger partial charge in [-0.1, -0.05) is 144 Å². The highest BCUT2D eigenvalue weighted by Gasteiger charge is 2.26. The number of aromatic nitrogens is 2. The minimum Gasteiger partial charge on any atom is -0.344 e. The molecule has 0 amide bonds. The fraction of sp³-hybridized carbons (Fsp3) is 0.213. The fourth-order valence-electron chi connectivity index (χ4n) is 11.2. The first-order chi connectivity index (χ1) is 31.9. The molecule has 4 nitrogen and oxygen atoms in total. The van der Waals surface area contributed by atoms with Crippen molar-refractivity contribution >= 4 is 90.6 Å². The van der Waals surface area contributed by atoms with Crippen molar-refractivity contribution < 1.29 is 0 Å². The van der Waals surface area contributed by atoms with E-state index >= 15 is 0 Å². The molecule has 1 unspecified atom stereocenters. The summed E-state index contributed by atoms with van der Waals surface area (Å²) < 4.78 is 4.90. The highest BCUT2D eigenvalue weighted by atomic mass is 15.2. The van der Waals surface area contributed by atoms with Crippen LogP contribution in [0, 0.1) is 0 Å². The lowest BCUT2D eigenvalue weighted by Gasteiger charge is -2.31. The summed E-state index contributed by atoms with van der Waals surface area (Å²) >= 11 is 0. The normalized spacial score (nSPS) is 14.0. The number of benzene rings is 6. The highest BCUT2D eigenvalue weighted by Crippen LogP contribution is 2.47. The van der Waals surface area contributed by atoms with Crippen molar-refractivity contribution in [1.82, 2.24) is 8.97 Å². The second kappa shape index (κ2) is 16.8. The molecule has 6 aromatic carbocycles. The zero-order valence-corrected chi connectivity index (χ0v) is 38.1. The number of nitrogens with zero attached hydrogens (tertiary/aromatic N) is 4. The standard InChI is InChI=1S/C61H58N4/c1-6-18-43(7-2)45-30-34-49(35-31-45)64(48-21-12-9-13-22-48)57-37-27-41(3)42(4)39-58-53(40-63-54-25-16-15-24-52(54)60(57)63)50-36-38-56(59-51-23-14-17-26-55(51)65(58)61(50)59)62(5)47-32-28-46(29-33-47)44-19-10-8-11-20-44/h9,12-17,21-40,43-44H,3-4,6-8,10-11,18-20H2,1-2,5H3. The van der Waals surface area contributed by atoms with E-state index in [1.807, 2.05) is 0 Å². The summed E-state index contributed by atoms with van der Waals surface area (Å²) in [5.74, 6) is 1.23. The van der Waals surface area contributed by atoms with Crippen molar-refractivity contribution in [1.29, 1.82) is 0 Å². The number of hydrogen-bond acceptors (Lipinski definition) is 2. The van der Waals surface area contributed by atoms with E-state index in [1.54, 1.807) is 0 Å². The first-order valence-electron chi connectivity index (χ1n) is 23.9. The monoisotopic (exact) mass is 846 g/mol. The third-order valence-corrected chi connectivity index (χ3v) is 14.7. The molecule has 4 heteroatoms. The summed E-state index contributed by atoms with van der Waals surface area (Å²) in [4.78, 5) is 4.79. The predicted octanol–water partition coefficient (Wildman–Crippen LogP) is 15.7. The second-order valence-electron chi connectivity index (χ2n) is 18.4. The van der Waals surface area contributed by atoms with Gasteiger partial charge in [0, 0.05) is 57.2 Å². The van der Waals surface area contributed by atoms with Gasteiger partial charge in [-0.2, -0.15) is 0 Å². The molecule has 65 heavy (non-hydrogen) atoms. The average molecular weight is 847 g/mol. The molecule has 3 aliphatic rings. The maximum atomic E-state index is 4.69. The van der Waals surface area contributed by atoms with Crippen LogP contribution in [0.15, 0.2) is 164 Å². The molecular formula is C61H58N4. The molecule has 0 radical (unpaired) electrons. The van der Waals surface area contributed by atoms with E-state index in [9.17, 15) is 0 Å². The molecule has 0 saturated heterocycles. The van der Waals surface area contributed by atoms with E-state index in [2.05, 4.69) is 217 Å². The Kier molecular flexibility index (Phi) is 10.5. The van der Waals surface area contributed by atoms with Crippen LogP contribution < -0.4 is 20.2 Å².